The van der Waals surface area contributed by atoms with Crippen LogP contribution in [0, 0.1) is 5.82 Å². The van der Waals surface area contributed by atoms with Crippen molar-refractivity contribution >= 4 is 17.3 Å². The molecule has 4 rings (SSSR count). The Morgan fingerprint density at radius 1 is 1.11 bits per heavy atom. The Hall–Kier alpha value is -2.73. The molecule has 0 unspecified atom stereocenters. The van der Waals surface area contributed by atoms with Crippen LogP contribution in [-0.2, 0) is 0 Å². The van der Waals surface area contributed by atoms with Gasteiger partial charge in [-0.3, -0.25) is 4.98 Å². The molecule has 3 aromatic rings. The monoisotopic (exact) mass is 394 g/mol. The number of thiocarbonyl (C=S) groups is 1. The summed E-state index contributed by atoms with van der Waals surface area (Å²) >= 11 is 5.69. The fourth-order valence-electron chi connectivity index (χ4n) is 3.77. The predicted molar refractivity (Wildman–Crippen MR) is 113 cm³/mol. The number of nitrogens with zero attached hydrogens (tertiary/aromatic N) is 3. The second kappa shape index (κ2) is 8.10. The van der Waals surface area contributed by atoms with Gasteiger partial charge in [-0.2, -0.15) is 0 Å². The van der Waals surface area contributed by atoms with Crippen molar-refractivity contribution in [2.24, 2.45) is 0 Å². The van der Waals surface area contributed by atoms with Gasteiger partial charge in [0, 0.05) is 30.3 Å². The quantitative estimate of drug-likeness (QED) is 0.610. The third kappa shape index (κ3) is 3.52. The van der Waals surface area contributed by atoms with Crippen molar-refractivity contribution in [1.82, 2.24) is 19.8 Å². The summed E-state index contributed by atoms with van der Waals surface area (Å²) in [4.78, 5) is 6.83. The van der Waals surface area contributed by atoms with Crippen LogP contribution in [-0.4, -0.2) is 26.1 Å². The number of halogens is 1. The lowest BCUT2D eigenvalue weighted by atomic mass is 10.0. The summed E-state index contributed by atoms with van der Waals surface area (Å²) in [6, 6.07) is 16.6. The van der Waals surface area contributed by atoms with E-state index in [4.69, 9.17) is 12.2 Å². The van der Waals surface area contributed by atoms with Gasteiger partial charge in [-0.15, -0.1) is 0 Å². The topological polar surface area (TPSA) is 33.1 Å². The molecule has 1 saturated heterocycles. The van der Waals surface area contributed by atoms with Crippen LogP contribution in [0.4, 0.5) is 4.39 Å². The SMILES string of the molecule is CCCCN1C(=S)N[C@H](c2ccccn2)[C@H]1c1cccn1-c1ccc(F)cc1. The number of unbranched alkanes of at least 4 members (excludes halogenated alkanes) is 1. The van der Waals surface area contributed by atoms with Crippen molar-refractivity contribution in [2.45, 2.75) is 31.8 Å². The highest BCUT2D eigenvalue weighted by Gasteiger charge is 2.40. The Bertz CT molecular complexity index is 939. The van der Waals surface area contributed by atoms with Gasteiger partial charge in [-0.25, -0.2) is 4.39 Å². The lowest BCUT2D eigenvalue weighted by molar-refractivity contribution is 0.304. The Kier molecular flexibility index (Phi) is 5.39. The van der Waals surface area contributed by atoms with Crippen molar-refractivity contribution in [1.29, 1.82) is 0 Å². The first-order valence-electron chi connectivity index (χ1n) is 9.60. The van der Waals surface area contributed by atoms with Crippen molar-refractivity contribution < 1.29 is 4.39 Å². The first-order valence-corrected chi connectivity index (χ1v) is 10.0. The second-order valence-corrected chi connectivity index (χ2v) is 7.34. The fraction of sp³-hybridized carbons (Fsp3) is 0.273. The summed E-state index contributed by atoms with van der Waals surface area (Å²) in [5.74, 6) is -0.239. The number of benzene rings is 1. The van der Waals surface area contributed by atoms with Gasteiger partial charge in [0.05, 0.1) is 17.8 Å². The molecule has 144 valence electrons. The highest BCUT2D eigenvalue weighted by molar-refractivity contribution is 7.80. The van der Waals surface area contributed by atoms with Gasteiger partial charge in [0.1, 0.15) is 5.82 Å². The van der Waals surface area contributed by atoms with Crippen molar-refractivity contribution in [2.75, 3.05) is 6.54 Å². The minimum atomic E-state index is -0.239. The lowest BCUT2D eigenvalue weighted by Gasteiger charge is -2.29. The van der Waals surface area contributed by atoms with Crippen molar-refractivity contribution in [3.8, 4) is 5.69 Å². The van der Waals surface area contributed by atoms with Gasteiger partial charge in [0.15, 0.2) is 5.11 Å². The van der Waals surface area contributed by atoms with Crippen molar-refractivity contribution in [3.05, 3.63) is 84.2 Å². The zero-order chi connectivity index (χ0) is 19.5. The van der Waals surface area contributed by atoms with E-state index in [1.54, 1.807) is 12.1 Å². The maximum absolute atomic E-state index is 13.4. The molecule has 1 N–H and O–H groups in total. The van der Waals surface area contributed by atoms with Crippen LogP contribution < -0.4 is 5.32 Å². The summed E-state index contributed by atoms with van der Waals surface area (Å²) in [5.41, 5.74) is 2.99. The number of pyridine rings is 1. The maximum atomic E-state index is 13.4. The smallest absolute Gasteiger partial charge is 0.170 e. The molecule has 3 heterocycles. The highest BCUT2D eigenvalue weighted by Crippen LogP contribution is 2.39. The lowest BCUT2D eigenvalue weighted by Crippen LogP contribution is -2.31. The molecule has 1 aromatic carbocycles. The molecule has 0 saturated carbocycles. The van der Waals surface area contributed by atoms with Gasteiger partial charge in [0.25, 0.3) is 0 Å². The first-order chi connectivity index (χ1) is 13.7. The maximum Gasteiger partial charge on any atom is 0.170 e. The van der Waals surface area contributed by atoms with Gasteiger partial charge < -0.3 is 14.8 Å². The molecule has 0 amide bonds. The van der Waals surface area contributed by atoms with Crippen LogP contribution in [0.5, 0.6) is 0 Å². The van der Waals surface area contributed by atoms with E-state index in [0.717, 1.165) is 41.6 Å². The van der Waals surface area contributed by atoms with E-state index in [0.29, 0.717) is 0 Å². The second-order valence-electron chi connectivity index (χ2n) is 6.95. The highest BCUT2D eigenvalue weighted by atomic mass is 32.1. The van der Waals surface area contributed by atoms with E-state index >= 15 is 0 Å². The number of aromatic nitrogens is 2. The summed E-state index contributed by atoms with van der Waals surface area (Å²) < 4.78 is 15.5. The predicted octanol–water partition coefficient (Wildman–Crippen LogP) is 4.78. The van der Waals surface area contributed by atoms with Gasteiger partial charge in [0.2, 0.25) is 0 Å². The van der Waals surface area contributed by atoms with Crippen LogP contribution in [0.25, 0.3) is 5.69 Å². The van der Waals surface area contributed by atoms with Crippen LogP contribution in [0.1, 0.15) is 43.2 Å². The van der Waals surface area contributed by atoms with Gasteiger partial charge in [-0.1, -0.05) is 19.4 Å². The number of hydrogen-bond donors (Lipinski definition) is 1. The Labute approximate surface area is 170 Å². The number of rotatable bonds is 6. The van der Waals surface area contributed by atoms with E-state index in [1.807, 2.05) is 36.7 Å². The summed E-state index contributed by atoms with van der Waals surface area (Å²) in [6.45, 7) is 3.06. The molecule has 0 spiro atoms. The first kappa shape index (κ1) is 18.6. The average Bonchev–Trinajstić information content (AvgIpc) is 3.32. The molecule has 0 radical (unpaired) electrons. The van der Waals surface area contributed by atoms with E-state index < -0.39 is 0 Å². The van der Waals surface area contributed by atoms with Gasteiger partial charge in [-0.05, 0) is 67.2 Å². The Balaban J connectivity index is 1.78. The molecule has 0 bridgehead atoms. The van der Waals surface area contributed by atoms with E-state index in [1.165, 1.54) is 12.1 Å². The molecule has 6 heteroatoms. The molecular formula is C22H23FN4S. The zero-order valence-corrected chi connectivity index (χ0v) is 16.6. The standard InChI is InChI=1S/C22H23FN4S/c1-2-3-14-27-21(20(25-22(27)28)18-7-4-5-13-24-18)19-8-6-15-26(19)17-11-9-16(23)10-12-17/h4-13,15,20-21H,2-3,14H2,1H3,(H,25,28)/t20-,21-/m1/s1. The molecule has 1 aliphatic heterocycles. The summed E-state index contributed by atoms with van der Waals surface area (Å²) in [5, 5.41) is 4.23. The van der Waals surface area contributed by atoms with Crippen LogP contribution >= 0.6 is 12.2 Å². The Morgan fingerprint density at radius 2 is 1.93 bits per heavy atom. The number of hydrogen-bond acceptors (Lipinski definition) is 2. The fourth-order valence-corrected chi connectivity index (χ4v) is 4.10. The third-order valence-corrected chi connectivity index (χ3v) is 5.49. The van der Waals surface area contributed by atoms with Crippen LogP contribution in [0.15, 0.2) is 67.0 Å². The molecule has 2 atom stereocenters. The molecule has 4 nitrogen and oxygen atoms in total. The Morgan fingerprint density at radius 3 is 2.64 bits per heavy atom. The molecule has 2 aromatic heterocycles. The third-order valence-electron chi connectivity index (χ3n) is 5.14. The molecule has 1 aliphatic rings. The molecule has 0 aliphatic carbocycles. The van der Waals surface area contributed by atoms with Crippen LogP contribution in [0.2, 0.25) is 0 Å². The van der Waals surface area contributed by atoms with Crippen LogP contribution in [0.3, 0.4) is 0 Å². The number of nitrogens with one attached hydrogen (secondary N) is 1. The molecule has 28 heavy (non-hydrogen) atoms. The zero-order valence-electron chi connectivity index (χ0n) is 15.8. The van der Waals surface area contributed by atoms with E-state index in [9.17, 15) is 4.39 Å². The van der Waals surface area contributed by atoms with E-state index in [2.05, 4.69) is 32.8 Å². The largest absolute Gasteiger partial charge is 0.352 e. The minimum absolute atomic E-state index is 0.00834. The van der Waals surface area contributed by atoms with Crippen molar-refractivity contribution in [3.63, 3.8) is 0 Å². The van der Waals surface area contributed by atoms with E-state index in [-0.39, 0.29) is 17.9 Å². The van der Waals surface area contributed by atoms with Gasteiger partial charge >= 0.3 is 0 Å². The molecule has 1 fully saturated rings. The summed E-state index contributed by atoms with van der Waals surface area (Å²) in [6.07, 6.45) is 5.98. The summed E-state index contributed by atoms with van der Waals surface area (Å²) in [7, 11) is 0. The average molecular weight is 395 g/mol. The normalized spacial score (nSPS) is 19.1. The molecular weight excluding hydrogens is 371 g/mol. The minimum Gasteiger partial charge on any atom is -0.352 e.